The van der Waals surface area contributed by atoms with Gasteiger partial charge in [-0.1, -0.05) is 51.8 Å². The number of carbonyl (C=O) groups excluding carboxylic acids is 1. The fourth-order valence-corrected chi connectivity index (χ4v) is 3.45. The lowest BCUT2D eigenvalue weighted by molar-refractivity contribution is 0.104. The first-order valence-corrected chi connectivity index (χ1v) is 11.3. The number of hydrogen-bond donors (Lipinski definition) is 0. The minimum atomic E-state index is -0.0660. The van der Waals surface area contributed by atoms with Gasteiger partial charge in [0.25, 0.3) is 0 Å². The van der Waals surface area contributed by atoms with Gasteiger partial charge in [-0.3, -0.25) is 4.79 Å². The van der Waals surface area contributed by atoms with Crippen LogP contribution in [0.25, 0.3) is 6.08 Å². The Hall–Kier alpha value is -2.55. The minimum Gasteiger partial charge on any atom is -0.490 e. The van der Waals surface area contributed by atoms with Gasteiger partial charge in [0.2, 0.25) is 0 Å². The number of rotatable bonds is 12. The van der Waals surface area contributed by atoms with Crippen LogP contribution in [-0.4, -0.2) is 18.0 Å². The molecule has 0 radical (unpaired) electrons. The van der Waals surface area contributed by atoms with E-state index in [9.17, 15) is 4.79 Å². The molecule has 2 atom stereocenters. The maximum absolute atomic E-state index is 13.0. The molecule has 2 aromatic rings. The van der Waals surface area contributed by atoms with E-state index in [-0.39, 0.29) is 18.0 Å². The average molecular weight is 409 g/mol. The Morgan fingerprint density at radius 3 is 2.17 bits per heavy atom. The van der Waals surface area contributed by atoms with Crippen molar-refractivity contribution in [2.45, 2.75) is 78.9 Å². The van der Waals surface area contributed by atoms with E-state index >= 15 is 0 Å². The van der Waals surface area contributed by atoms with Crippen LogP contribution in [0.15, 0.2) is 48.5 Å². The van der Waals surface area contributed by atoms with Gasteiger partial charge >= 0.3 is 0 Å². The predicted molar refractivity (Wildman–Crippen MR) is 126 cm³/mol. The van der Waals surface area contributed by atoms with Crippen molar-refractivity contribution in [1.82, 2.24) is 0 Å². The normalized spacial score (nSPS) is 13.2. The van der Waals surface area contributed by atoms with Gasteiger partial charge in [0.1, 0.15) is 11.5 Å². The van der Waals surface area contributed by atoms with Crippen molar-refractivity contribution in [3.05, 3.63) is 65.2 Å². The summed E-state index contributed by atoms with van der Waals surface area (Å²) >= 11 is 0. The lowest BCUT2D eigenvalue weighted by Gasteiger charge is -2.17. The number of allylic oxidation sites excluding steroid dienone is 1. The molecule has 0 aliphatic rings. The predicted octanol–water partition coefficient (Wildman–Crippen LogP) is 7.28. The first-order chi connectivity index (χ1) is 14.5. The summed E-state index contributed by atoms with van der Waals surface area (Å²) in [6.45, 7) is 10.5. The average Bonchev–Trinajstić information content (AvgIpc) is 2.73. The molecule has 0 bridgehead atoms. The van der Waals surface area contributed by atoms with Gasteiger partial charge in [-0.25, -0.2) is 0 Å². The molecule has 0 aliphatic carbocycles. The van der Waals surface area contributed by atoms with Crippen molar-refractivity contribution >= 4 is 11.9 Å². The topological polar surface area (TPSA) is 35.5 Å². The van der Waals surface area contributed by atoms with Crippen molar-refractivity contribution in [3.63, 3.8) is 0 Å². The number of aryl methyl sites for hydroxylation is 1. The van der Waals surface area contributed by atoms with E-state index in [2.05, 4.69) is 39.8 Å². The molecular formula is C27H36O3. The largest absolute Gasteiger partial charge is 0.490 e. The van der Waals surface area contributed by atoms with Crippen molar-refractivity contribution in [3.8, 4) is 11.5 Å². The molecule has 0 fully saturated rings. The third kappa shape index (κ3) is 7.05. The second-order valence-corrected chi connectivity index (χ2v) is 7.85. The summed E-state index contributed by atoms with van der Waals surface area (Å²) in [4.78, 5) is 13.0. The SMILES string of the molecule is CCCC(C)Oc1ccc(CC)cc1/C=C/C(=O)c1ccccc1OC(C)CCC. The van der Waals surface area contributed by atoms with Crippen LogP contribution >= 0.6 is 0 Å². The highest BCUT2D eigenvalue weighted by Gasteiger charge is 2.13. The summed E-state index contributed by atoms with van der Waals surface area (Å²) in [6, 6.07) is 13.7. The summed E-state index contributed by atoms with van der Waals surface area (Å²) in [7, 11) is 0. The van der Waals surface area contributed by atoms with Crippen molar-refractivity contribution in [2.24, 2.45) is 0 Å². The third-order valence-electron chi connectivity index (χ3n) is 5.10. The Morgan fingerprint density at radius 1 is 0.900 bits per heavy atom. The Labute approximate surface area is 182 Å². The molecule has 0 amide bonds. The summed E-state index contributed by atoms with van der Waals surface area (Å²) < 4.78 is 12.2. The monoisotopic (exact) mass is 408 g/mol. The van der Waals surface area contributed by atoms with Crippen LogP contribution < -0.4 is 9.47 Å². The fourth-order valence-electron chi connectivity index (χ4n) is 3.45. The van der Waals surface area contributed by atoms with Crippen LogP contribution in [0.2, 0.25) is 0 Å². The summed E-state index contributed by atoms with van der Waals surface area (Å²) in [5, 5.41) is 0. The van der Waals surface area contributed by atoms with Crippen LogP contribution in [-0.2, 0) is 6.42 Å². The number of ether oxygens (including phenoxy) is 2. The molecule has 0 saturated carbocycles. The molecule has 30 heavy (non-hydrogen) atoms. The molecule has 0 aromatic heterocycles. The number of ketones is 1. The standard InChI is InChI=1S/C27H36O3/c1-6-11-20(4)29-26-18-15-22(8-3)19-23(26)16-17-25(28)24-13-9-10-14-27(24)30-21(5)12-7-2/h9-10,13-21H,6-8,11-12H2,1-5H3/b17-16+. The quantitative estimate of drug-likeness (QED) is 0.273. The molecule has 0 aliphatic heterocycles. The van der Waals surface area contributed by atoms with Crippen LogP contribution in [0.1, 0.15) is 81.8 Å². The van der Waals surface area contributed by atoms with E-state index < -0.39 is 0 Å². The van der Waals surface area contributed by atoms with Gasteiger partial charge in [0, 0.05) is 5.56 Å². The van der Waals surface area contributed by atoms with Crippen LogP contribution in [0.5, 0.6) is 11.5 Å². The van der Waals surface area contributed by atoms with E-state index in [1.807, 2.05) is 43.3 Å². The second-order valence-electron chi connectivity index (χ2n) is 7.85. The first-order valence-electron chi connectivity index (χ1n) is 11.3. The smallest absolute Gasteiger partial charge is 0.189 e. The lowest BCUT2D eigenvalue weighted by atomic mass is 10.0. The first kappa shape index (κ1) is 23.7. The highest BCUT2D eigenvalue weighted by Crippen LogP contribution is 2.26. The Morgan fingerprint density at radius 2 is 1.53 bits per heavy atom. The highest BCUT2D eigenvalue weighted by molar-refractivity contribution is 6.08. The molecule has 3 heteroatoms. The lowest BCUT2D eigenvalue weighted by Crippen LogP contribution is -2.13. The minimum absolute atomic E-state index is 0.0660. The van der Waals surface area contributed by atoms with Crippen LogP contribution in [0.3, 0.4) is 0 Å². The number of hydrogen-bond acceptors (Lipinski definition) is 3. The number of para-hydroxylation sites is 1. The molecule has 2 aromatic carbocycles. The zero-order chi connectivity index (χ0) is 21.9. The van der Waals surface area contributed by atoms with Gasteiger partial charge < -0.3 is 9.47 Å². The maximum atomic E-state index is 13.0. The number of benzene rings is 2. The molecular weight excluding hydrogens is 372 g/mol. The molecule has 2 unspecified atom stereocenters. The summed E-state index contributed by atoms with van der Waals surface area (Å²) in [5.74, 6) is 1.39. The third-order valence-corrected chi connectivity index (χ3v) is 5.10. The molecule has 0 N–H and O–H groups in total. The van der Waals surface area contributed by atoms with Crippen LogP contribution in [0, 0.1) is 0 Å². The Bertz CT molecular complexity index is 838. The van der Waals surface area contributed by atoms with Gasteiger partial charge in [-0.15, -0.1) is 0 Å². The van der Waals surface area contributed by atoms with Gasteiger partial charge in [-0.05, 0) is 75.1 Å². The zero-order valence-corrected chi connectivity index (χ0v) is 19.1. The maximum Gasteiger partial charge on any atom is 0.189 e. The van der Waals surface area contributed by atoms with Gasteiger partial charge in [0.05, 0.1) is 17.8 Å². The molecule has 0 spiro atoms. The summed E-state index contributed by atoms with van der Waals surface area (Å²) in [6.07, 6.45) is 8.71. The van der Waals surface area contributed by atoms with Gasteiger partial charge in [0.15, 0.2) is 5.78 Å². The van der Waals surface area contributed by atoms with Crippen molar-refractivity contribution in [2.75, 3.05) is 0 Å². The second kappa shape index (κ2) is 12.2. The molecule has 0 heterocycles. The Balaban J connectivity index is 2.25. The van der Waals surface area contributed by atoms with Crippen molar-refractivity contribution < 1.29 is 14.3 Å². The molecule has 0 saturated heterocycles. The van der Waals surface area contributed by atoms with Crippen LogP contribution in [0.4, 0.5) is 0 Å². The summed E-state index contributed by atoms with van der Waals surface area (Å²) in [5.41, 5.74) is 2.74. The molecule has 2 rings (SSSR count). The number of carbonyl (C=O) groups is 1. The molecule has 162 valence electrons. The van der Waals surface area contributed by atoms with Crippen molar-refractivity contribution in [1.29, 1.82) is 0 Å². The molecule has 3 nitrogen and oxygen atoms in total. The fraction of sp³-hybridized carbons (Fsp3) is 0.444. The highest BCUT2D eigenvalue weighted by atomic mass is 16.5. The van der Waals surface area contributed by atoms with E-state index in [0.717, 1.165) is 43.4 Å². The van der Waals surface area contributed by atoms with Gasteiger partial charge in [-0.2, -0.15) is 0 Å². The van der Waals surface area contributed by atoms with E-state index in [1.165, 1.54) is 5.56 Å². The van der Waals surface area contributed by atoms with E-state index in [1.54, 1.807) is 6.08 Å². The Kier molecular flexibility index (Phi) is 9.66. The van der Waals surface area contributed by atoms with E-state index in [4.69, 9.17) is 9.47 Å². The zero-order valence-electron chi connectivity index (χ0n) is 19.1. The van der Waals surface area contributed by atoms with E-state index in [0.29, 0.717) is 11.3 Å².